The Bertz CT molecular complexity index is 368. The van der Waals surface area contributed by atoms with Crippen molar-refractivity contribution >= 4 is 23.4 Å². The molecule has 17 heavy (non-hydrogen) atoms. The predicted molar refractivity (Wildman–Crippen MR) is 72.3 cm³/mol. The summed E-state index contributed by atoms with van der Waals surface area (Å²) in [5, 5.41) is 3.20. The molecule has 94 valence electrons. The molecule has 1 aromatic heterocycles. The van der Waals surface area contributed by atoms with E-state index in [0.29, 0.717) is 0 Å². The molecule has 2 rings (SSSR count). The summed E-state index contributed by atoms with van der Waals surface area (Å²) >= 11 is 1.98. The summed E-state index contributed by atoms with van der Waals surface area (Å²) in [5.74, 6) is 4.71. The van der Waals surface area contributed by atoms with Crippen molar-refractivity contribution in [2.24, 2.45) is 0 Å². The molecule has 5 nitrogen and oxygen atoms in total. The smallest absolute Gasteiger partial charge is 0.204 e. The maximum atomic E-state index is 5.45. The summed E-state index contributed by atoms with van der Waals surface area (Å²) < 4.78 is 5.45. The number of nitrogens with zero attached hydrogens (tertiary/aromatic N) is 3. The van der Waals surface area contributed by atoms with E-state index in [-0.39, 0.29) is 0 Å². The first-order valence-corrected chi connectivity index (χ1v) is 6.97. The van der Waals surface area contributed by atoms with Gasteiger partial charge < -0.3 is 15.0 Å². The van der Waals surface area contributed by atoms with Crippen molar-refractivity contribution in [3.05, 3.63) is 6.33 Å². The number of aromatic nitrogens is 2. The normalized spacial score (nSPS) is 15.8. The van der Waals surface area contributed by atoms with Gasteiger partial charge in [0.15, 0.2) is 11.6 Å². The van der Waals surface area contributed by atoms with Crippen molar-refractivity contribution in [1.29, 1.82) is 0 Å². The zero-order chi connectivity index (χ0) is 12.1. The van der Waals surface area contributed by atoms with Crippen molar-refractivity contribution in [2.75, 3.05) is 48.5 Å². The molecule has 1 aromatic rings. The molecule has 0 aliphatic carbocycles. The van der Waals surface area contributed by atoms with E-state index in [1.54, 1.807) is 13.4 Å². The number of ether oxygens (including phenoxy) is 1. The minimum Gasteiger partial charge on any atom is -0.490 e. The molecule has 0 aromatic carbocycles. The number of thioether (sulfide) groups is 1. The number of anilines is 2. The van der Waals surface area contributed by atoms with Crippen molar-refractivity contribution < 1.29 is 4.74 Å². The molecule has 0 unspecified atom stereocenters. The summed E-state index contributed by atoms with van der Waals surface area (Å²) in [6, 6.07) is 0. The molecule has 0 amide bonds. The molecule has 6 heteroatoms. The van der Waals surface area contributed by atoms with E-state index < -0.39 is 0 Å². The highest BCUT2D eigenvalue weighted by Crippen LogP contribution is 2.32. The molecule has 1 aliphatic heterocycles. The van der Waals surface area contributed by atoms with Crippen LogP contribution in [0.25, 0.3) is 0 Å². The Morgan fingerprint density at radius 2 is 2.18 bits per heavy atom. The van der Waals surface area contributed by atoms with Crippen LogP contribution in [0.3, 0.4) is 0 Å². The fourth-order valence-electron chi connectivity index (χ4n) is 1.85. The van der Waals surface area contributed by atoms with Crippen molar-refractivity contribution in [3.8, 4) is 5.75 Å². The number of hydrogen-bond acceptors (Lipinski definition) is 6. The standard InChI is InChI=1S/C11H18N4OS/c1-3-12-10-9(16-2)11(14-8-13-10)15-4-6-17-7-5-15/h8H,3-7H2,1-2H3,(H,12,13,14). The lowest BCUT2D eigenvalue weighted by Gasteiger charge is -2.28. The van der Waals surface area contributed by atoms with Gasteiger partial charge in [0.1, 0.15) is 6.33 Å². The minimum atomic E-state index is 0.751. The summed E-state index contributed by atoms with van der Waals surface area (Å²) in [5.41, 5.74) is 0. The van der Waals surface area contributed by atoms with Crippen LogP contribution in [-0.4, -0.2) is 48.2 Å². The summed E-state index contributed by atoms with van der Waals surface area (Å²) in [7, 11) is 1.67. The van der Waals surface area contributed by atoms with Crippen LogP contribution in [0.5, 0.6) is 5.75 Å². The van der Waals surface area contributed by atoms with E-state index in [9.17, 15) is 0 Å². The molecular weight excluding hydrogens is 236 g/mol. The van der Waals surface area contributed by atoms with E-state index in [1.165, 1.54) is 0 Å². The zero-order valence-electron chi connectivity index (χ0n) is 10.3. The molecule has 2 heterocycles. The van der Waals surface area contributed by atoms with Gasteiger partial charge >= 0.3 is 0 Å². The van der Waals surface area contributed by atoms with E-state index in [0.717, 1.165) is 48.5 Å². The van der Waals surface area contributed by atoms with Gasteiger partial charge in [0.05, 0.1) is 7.11 Å². The molecule has 1 aliphatic rings. The molecule has 0 atom stereocenters. The molecule has 0 radical (unpaired) electrons. The molecule has 1 N–H and O–H groups in total. The van der Waals surface area contributed by atoms with Crippen molar-refractivity contribution in [2.45, 2.75) is 6.92 Å². The van der Waals surface area contributed by atoms with E-state index in [2.05, 4.69) is 20.2 Å². The average Bonchev–Trinajstić information content (AvgIpc) is 2.40. The first kappa shape index (κ1) is 12.3. The molecule has 1 saturated heterocycles. The maximum absolute atomic E-state index is 5.45. The summed E-state index contributed by atoms with van der Waals surface area (Å²) in [6.07, 6.45) is 1.59. The highest BCUT2D eigenvalue weighted by molar-refractivity contribution is 7.99. The highest BCUT2D eigenvalue weighted by Gasteiger charge is 2.19. The van der Waals surface area contributed by atoms with Crippen molar-refractivity contribution in [3.63, 3.8) is 0 Å². The van der Waals surface area contributed by atoms with Gasteiger partial charge in [0.25, 0.3) is 0 Å². The summed E-state index contributed by atoms with van der Waals surface area (Å²) in [4.78, 5) is 10.8. The van der Waals surface area contributed by atoms with Crippen LogP contribution in [-0.2, 0) is 0 Å². The fraction of sp³-hybridized carbons (Fsp3) is 0.636. The van der Waals surface area contributed by atoms with Gasteiger partial charge in [-0.2, -0.15) is 11.8 Å². The van der Waals surface area contributed by atoms with Gasteiger partial charge in [-0.1, -0.05) is 0 Å². The average molecular weight is 254 g/mol. The van der Waals surface area contributed by atoms with Crippen LogP contribution < -0.4 is 15.0 Å². The van der Waals surface area contributed by atoms with Gasteiger partial charge in [0.2, 0.25) is 5.75 Å². The van der Waals surface area contributed by atoms with Crippen LogP contribution in [0.4, 0.5) is 11.6 Å². The predicted octanol–water partition coefficient (Wildman–Crippen LogP) is 1.47. The molecule has 0 bridgehead atoms. The fourth-order valence-corrected chi connectivity index (χ4v) is 2.75. The second-order valence-electron chi connectivity index (χ2n) is 3.71. The lowest BCUT2D eigenvalue weighted by molar-refractivity contribution is 0.412. The Morgan fingerprint density at radius 3 is 2.82 bits per heavy atom. The molecule has 0 saturated carbocycles. The topological polar surface area (TPSA) is 50.3 Å². The SMILES string of the molecule is CCNc1ncnc(N2CCSCC2)c1OC. The third-order valence-corrected chi connectivity index (χ3v) is 3.59. The Hall–Kier alpha value is -1.17. The third-order valence-electron chi connectivity index (χ3n) is 2.64. The molecule has 1 fully saturated rings. The van der Waals surface area contributed by atoms with Crippen LogP contribution >= 0.6 is 11.8 Å². The minimum absolute atomic E-state index is 0.751. The number of hydrogen-bond donors (Lipinski definition) is 1. The second kappa shape index (κ2) is 5.95. The van der Waals surface area contributed by atoms with Crippen LogP contribution in [0, 0.1) is 0 Å². The van der Waals surface area contributed by atoms with E-state index in [1.807, 2.05) is 18.7 Å². The Kier molecular flexibility index (Phi) is 4.30. The van der Waals surface area contributed by atoms with Gasteiger partial charge in [-0.25, -0.2) is 9.97 Å². The number of rotatable bonds is 4. The van der Waals surface area contributed by atoms with Crippen LogP contribution in [0.1, 0.15) is 6.92 Å². The van der Waals surface area contributed by atoms with Crippen LogP contribution in [0.15, 0.2) is 6.33 Å². The lowest BCUT2D eigenvalue weighted by Crippen LogP contribution is -2.33. The highest BCUT2D eigenvalue weighted by atomic mass is 32.2. The zero-order valence-corrected chi connectivity index (χ0v) is 11.1. The Labute approximate surface area is 106 Å². The largest absolute Gasteiger partial charge is 0.490 e. The Morgan fingerprint density at radius 1 is 1.41 bits per heavy atom. The Balaban J connectivity index is 2.28. The first-order valence-electron chi connectivity index (χ1n) is 5.82. The van der Waals surface area contributed by atoms with Gasteiger partial charge in [0, 0.05) is 31.1 Å². The maximum Gasteiger partial charge on any atom is 0.204 e. The van der Waals surface area contributed by atoms with Gasteiger partial charge in [-0.15, -0.1) is 0 Å². The van der Waals surface area contributed by atoms with Crippen LogP contribution in [0.2, 0.25) is 0 Å². The monoisotopic (exact) mass is 254 g/mol. The molecule has 0 spiro atoms. The quantitative estimate of drug-likeness (QED) is 0.878. The van der Waals surface area contributed by atoms with E-state index in [4.69, 9.17) is 4.74 Å². The first-order chi connectivity index (χ1) is 8.36. The summed E-state index contributed by atoms with van der Waals surface area (Å²) in [6.45, 7) is 4.90. The lowest BCUT2D eigenvalue weighted by atomic mass is 10.4. The second-order valence-corrected chi connectivity index (χ2v) is 4.93. The van der Waals surface area contributed by atoms with E-state index >= 15 is 0 Å². The molecular formula is C11H18N4OS. The number of methoxy groups -OCH3 is 1. The van der Waals surface area contributed by atoms with Crippen molar-refractivity contribution in [1.82, 2.24) is 9.97 Å². The third kappa shape index (κ3) is 2.74. The van der Waals surface area contributed by atoms with Gasteiger partial charge in [-0.3, -0.25) is 0 Å². The van der Waals surface area contributed by atoms with Gasteiger partial charge in [-0.05, 0) is 6.92 Å². The number of nitrogens with one attached hydrogen (secondary N) is 1.